The Morgan fingerprint density at radius 2 is 1.92 bits per heavy atom. The predicted molar refractivity (Wildman–Crippen MR) is 140 cm³/mol. The molecule has 9 nitrogen and oxygen atoms in total. The van der Waals surface area contributed by atoms with Crippen LogP contribution in [0.5, 0.6) is 0 Å². The number of nitrogens with two attached hydrogens (primary N) is 1. The number of nitrogens with one attached hydrogen (secondary N) is 3. The summed E-state index contributed by atoms with van der Waals surface area (Å²) in [5.41, 5.74) is 7.84. The van der Waals surface area contributed by atoms with Crippen LogP contribution < -0.4 is 21.7 Å². The molecule has 1 aliphatic rings. The van der Waals surface area contributed by atoms with Gasteiger partial charge in [0.05, 0.1) is 11.5 Å². The number of aliphatic carboxylic acids is 1. The summed E-state index contributed by atoms with van der Waals surface area (Å²) in [6.07, 6.45) is 9.14. The molecule has 0 heterocycles. The molecule has 2 atom stereocenters. The minimum atomic E-state index is -0.869. The Bertz CT molecular complexity index is 940. The van der Waals surface area contributed by atoms with Gasteiger partial charge in [-0.15, -0.1) is 0 Å². The first-order valence-electron chi connectivity index (χ1n) is 12.4. The first-order valence-corrected chi connectivity index (χ1v) is 12.4. The molecule has 0 saturated heterocycles. The minimum Gasteiger partial charge on any atom is -0.481 e. The van der Waals surface area contributed by atoms with Gasteiger partial charge in [0.15, 0.2) is 0 Å². The van der Waals surface area contributed by atoms with Crippen molar-refractivity contribution in [2.24, 2.45) is 11.1 Å². The van der Waals surface area contributed by atoms with Gasteiger partial charge >= 0.3 is 12.1 Å². The molecule has 1 aliphatic carbocycles. The highest BCUT2D eigenvalue weighted by Crippen LogP contribution is 2.25. The van der Waals surface area contributed by atoms with E-state index in [1.807, 2.05) is 37.4 Å². The number of allylic oxidation sites excluding steroid dienone is 1. The van der Waals surface area contributed by atoms with E-state index in [2.05, 4.69) is 16.0 Å². The van der Waals surface area contributed by atoms with Crippen LogP contribution in [0, 0.1) is 5.41 Å². The zero-order valence-corrected chi connectivity index (χ0v) is 21.5. The quantitative estimate of drug-likeness (QED) is 0.245. The third kappa shape index (κ3) is 10.6. The summed E-state index contributed by atoms with van der Waals surface area (Å²) in [6.45, 7) is 4.36. The Labute approximate surface area is 213 Å². The van der Waals surface area contributed by atoms with Gasteiger partial charge in [0.1, 0.15) is 6.61 Å². The summed E-state index contributed by atoms with van der Waals surface area (Å²) >= 11 is 0. The van der Waals surface area contributed by atoms with E-state index in [1.165, 1.54) is 0 Å². The number of alkyl carbamates (subject to hydrolysis) is 1. The van der Waals surface area contributed by atoms with E-state index in [0.717, 1.165) is 30.5 Å². The van der Waals surface area contributed by atoms with Crippen LogP contribution in [0.3, 0.4) is 0 Å². The van der Waals surface area contributed by atoms with Crippen molar-refractivity contribution >= 4 is 23.7 Å². The third-order valence-corrected chi connectivity index (χ3v) is 6.02. The number of amides is 2. The highest BCUT2D eigenvalue weighted by molar-refractivity contribution is 5.90. The van der Waals surface area contributed by atoms with Crippen LogP contribution in [0.2, 0.25) is 0 Å². The molecule has 0 spiro atoms. The van der Waals surface area contributed by atoms with Gasteiger partial charge in [0.2, 0.25) is 5.91 Å². The Hall–Kier alpha value is -3.17. The van der Waals surface area contributed by atoms with Gasteiger partial charge in [-0.1, -0.05) is 35.9 Å². The van der Waals surface area contributed by atoms with Crippen molar-refractivity contribution in [2.75, 3.05) is 18.9 Å². The fourth-order valence-corrected chi connectivity index (χ4v) is 3.88. The SMILES string of the molecule is CNCCCCC(=O)Nc1ccc(COC(=O)NC2C=CC(CC(N)CC(C)(C)C(=O)O)=CC2)cc1. The molecule has 0 bridgehead atoms. The summed E-state index contributed by atoms with van der Waals surface area (Å²) < 4.78 is 5.32. The Morgan fingerprint density at radius 3 is 2.53 bits per heavy atom. The van der Waals surface area contributed by atoms with Crippen molar-refractivity contribution in [2.45, 2.75) is 71.1 Å². The molecule has 198 valence electrons. The number of carboxylic acids is 1. The molecule has 1 aromatic carbocycles. The minimum absolute atomic E-state index is 0.0155. The fraction of sp³-hybridized carbons (Fsp3) is 0.519. The molecule has 0 aliphatic heterocycles. The van der Waals surface area contributed by atoms with Crippen molar-refractivity contribution in [3.8, 4) is 0 Å². The van der Waals surface area contributed by atoms with Crippen LogP contribution in [0.25, 0.3) is 0 Å². The second-order valence-electron chi connectivity index (χ2n) is 9.86. The maximum Gasteiger partial charge on any atom is 0.407 e. The molecule has 9 heteroatoms. The number of carboxylic acid groups (broad SMARTS) is 1. The number of rotatable bonds is 14. The van der Waals surface area contributed by atoms with Crippen LogP contribution >= 0.6 is 0 Å². The number of hydrogen-bond acceptors (Lipinski definition) is 6. The lowest BCUT2D eigenvalue weighted by molar-refractivity contribution is -0.147. The lowest BCUT2D eigenvalue weighted by atomic mass is 9.83. The van der Waals surface area contributed by atoms with E-state index in [-0.39, 0.29) is 24.6 Å². The highest BCUT2D eigenvalue weighted by Gasteiger charge is 2.29. The fourth-order valence-electron chi connectivity index (χ4n) is 3.88. The van der Waals surface area contributed by atoms with E-state index < -0.39 is 17.5 Å². The summed E-state index contributed by atoms with van der Waals surface area (Å²) in [4.78, 5) is 35.5. The van der Waals surface area contributed by atoms with Crippen molar-refractivity contribution in [1.29, 1.82) is 0 Å². The molecule has 0 aromatic heterocycles. The Balaban J connectivity index is 1.69. The average molecular weight is 501 g/mol. The van der Waals surface area contributed by atoms with Crippen molar-refractivity contribution in [1.82, 2.24) is 10.6 Å². The number of carbonyl (C=O) groups is 3. The van der Waals surface area contributed by atoms with Gasteiger partial charge in [0.25, 0.3) is 0 Å². The Kier molecular flexibility index (Phi) is 11.6. The Morgan fingerprint density at radius 1 is 1.19 bits per heavy atom. The van der Waals surface area contributed by atoms with Crippen LogP contribution in [0.15, 0.2) is 48.1 Å². The number of ether oxygens (including phenoxy) is 1. The monoisotopic (exact) mass is 500 g/mol. The van der Waals surface area contributed by atoms with E-state index in [9.17, 15) is 19.5 Å². The van der Waals surface area contributed by atoms with Crippen LogP contribution in [0.1, 0.15) is 57.9 Å². The second-order valence-corrected chi connectivity index (χ2v) is 9.86. The summed E-state index contributed by atoms with van der Waals surface area (Å²) in [5, 5.41) is 18.0. The second kappa shape index (κ2) is 14.4. The summed E-state index contributed by atoms with van der Waals surface area (Å²) in [6, 6.07) is 6.77. The molecular formula is C27H40N4O5. The molecule has 2 amide bonds. The van der Waals surface area contributed by atoms with Gasteiger partial charge < -0.3 is 31.5 Å². The summed E-state index contributed by atoms with van der Waals surface area (Å²) in [7, 11) is 1.89. The van der Waals surface area contributed by atoms with Crippen LogP contribution in [-0.4, -0.2) is 48.8 Å². The van der Waals surface area contributed by atoms with Gasteiger partial charge in [-0.3, -0.25) is 9.59 Å². The zero-order chi connectivity index (χ0) is 26.6. The molecule has 0 saturated carbocycles. The number of hydrogen-bond donors (Lipinski definition) is 5. The highest BCUT2D eigenvalue weighted by atomic mass is 16.5. The molecule has 6 N–H and O–H groups in total. The summed E-state index contributed by atoms with van der Waals surface area (Å²) in [5.74, 6) is -0.874. The third-order valence-electron chi connectivity index (χ3n) is 6.02. The van der Waals surface area contributed by atoms with Crippen molar-refractivity contribution < 1.29 is 24.2 Å². The first kappa shape index (κ1) is 29.1. The largest absolute Gasteiger partial charge is 0.481 e. The van der Waals surface area contributed by atoms with E-state index in [4.69, 9.17) is 10.5 Å². The van der Waals surface area contributed by atoms with E-state index in [1.54, 1.807) is 26.0 Å². The maximum absolute atomic E-state index is 12.2. The van der Waals surface area contributed by atoms with Gasteiger partial charge in [0, 0.05) is 18.2 Å². The standard InChI is InChI=1S/C27H40N4O5/c1-27(2,25(33)34)17-21(28)16-19-7-11-23(12-8-19)31-26(35)36-18-20-9-13-22(14-10-20)30-24(32)6-4-5-15-29-3/h7-11,13-14,21,23,29H,4-6,12,15-18,28H2,1-3H3,(H,30,32)(H,31,35)(H,33,34). The van der Waals surface area contributed by atoms with Gasteiger partial charge in [-0.25, -0.2) is 4.79 Å². The van der Waals surface area contributed by atoms with E-state index >= 15 is 0 Å². The first-order chi connectivity index (χ1) is 17.1. The topological polar surface area (TPSA) is 143 Å². The number of carbonyl (C=O) groups excluding carboxylic acids is 2. The van der Waals surface area contributed by atoms with Gasteiger partial charge in [-0.05, 0) is 77.2 Å². The molecule has 1 aromatic rings. The molecule has 2 rings (SSSR count). The molecule has 0 fully saturated rings. The van der Waals surface area contributed by atoms with Gasteiger partial charge in [-0.2, -0.15) is 0 Å². The number of unbranched alkanes of at least 4 members (excludes halogenated alkanes) is 1. The lowest BCUT2D eigenvalue weighted by Crippen LogP contribution is -2.35. The molecule has 0 radical (unpaired) electrons. The lowest BCUT2D eigenvalue weighted by Gasteiger charge is -2.24. The normalized spacial score (nSPS) is 16.1. The van der Waals surface area contributed by atoms with Crippen molar-refractivity contribution in [3.05, 3.63) is 53.6 Å². The molecule has 2 unspecified atom stereocenters. The van der Waals surface area contributed by atoms with Crippen LogP contribution in [-0.2, 0) is 20.9 Å². The maximum atomic E-state index is 12.2. The molecule has 36 heavy (non-hydrogen) atoms. The molecular weight excluding hydrogens is 460 g/mol. The average Bonchev–Trinajstić information content (AvgIpc) is 2.82. The number of anilines is 1. The smallest absolute Gasteiger partial charge is 0.407 e. The zero-order valence-electron chi connectivity index (χ0n) is 21.5. The van der Waals surface area contributed by atoms with Crippen molar-refractivity contribution in [3.63, 3.8) is 0 Å². The predicted octanol–water partition coefficient (Wildman–Crippen LogP) is 3.71. The van der Waals surface area contributed by atoms with Crippen LogP contribution in [0.4, 0.5) is 10.5 Å². The van der Waals surface area contributed by atoms with E-state index in [0.29, 0.717) is 31.4 Å². The number of benzene rings is 1.